The van der Waals surface area contributed by atoms with Gasteiger partial charge in [0.15, 0.2) is 0 Å². The van der Waals surface area contributed by atoms with Crippen LogP contribution in [0.15, 0.2) is 20.1 Å². The van der Waals surface area contributed by atoms with Gasteiger partial charge in [0, 0.05) is 26.2 Å². The summed E-state index contributed by atoms with van der Waals surface area (Å²) in [7, 11) is -3.44. The number of nitrogens with zero attached hydrogens (tertiary/aromatic N) is 2. The van der Waals surface area contributed by atoms with Crippen LogP contribution >= 0.6 is 27.3 Å². The minimum atomic E-state index is -3.44. The van der Waals surface area contributed by atoms with Gasteiger partial charge in [-0.25, -0.2) is 8.42 Å². The first-order valence-corrected chi connectivity index (χ1v) is 8.73. The zero-order chi connectivity index (χ0) is 14.0. The largest absolute Gasteiger partial charge is 0.339 e. The molecule has 0 atom stereocenters. The predicted octanol–water partition coefficient (Wildman–Crippen LogP) is 0.302. The van der Waals surface area contributed by atoms with Crippen molar-refractivity contribution in [2.24, 2.45) is 5.73 Å². The van der Waals surface area contributed by atoms with Crippen LogP contribution < -0.4 is 5.73 Å². The number of piperazine rings is 1. The summed E-state index contributed by atoms with van der Waals surface area (Å²) in [4.78, 5) is 13.0. The van der Waals surface area contributed by atoms with Gasteiger partial charge in [0.05, 0.1) is 10.3 Å². The van der Waals surface area contributed by atoms with Gasteiger partial charge >= 0.3 is 0 Å². The lowest BCUT2D eigenvalue weighted by molar-refractivity contribution is -0.130. The van der Waals surface area contributed by atoms with Crippen LogP contribution in [0.25, 0.3) is 0 Å². The third-order valence-electron chi connectivity index (χ3n) is 2.91. The molecule has 1 saturated heterocycles. The highest BCUT2D eigenvalue weighted by atomic mass is 79.9. The molecule has 0 saturated carbocycles. The molecule has 0 aromatic carbocycles. The molecule has 0 unspecified atom stereocenters. The van der Waals surface area contributed by atoms with Gasteiger partial charge in [-0.3, -0.25) is 4.79 Å². The first-order valence-electron chi connectivity index (χ1n) is 5.68. The van der Waals surface area contributed by atoms with E-state index < -0.39 is 10.0 Å². The lowest BCUT2D eigenvalue weighted by atomic mass is 10.3. The topological polar surface area (TPSA) is 83.7 Å². The number of sulfonamides is 1. The molecular weight excluding hydrogens is 354 g/mol. The van der Waals surface area contributed by atoms with E-state index >= 15 is 0 Å². The van der Waals surface area contributed by atoms with Crippen LogP contribution in [0.4, 0.5) is 0 Å². The summed E-state index contributed by atoms with van der Waals surface area (Å²) < 4.78 is 27.2. The van der Waals surface area contributed by atoms with Crippen molar-refractivity contribution in [3.8, 4) is 0 Å². The zero-order valence-electron chi connectivity index (χ0n) is 10.1. The molecule has 1 aliphatic rings. The minimum Gasteiger partial charge on any atom is -0.339 e. The van der Waals surface area contributed by atoms with Gasteiger partial charge < -0.3 is 10.6 Å². The van der Waals surface area contributed by atoms with E-state index in [1.54, 1.807) is 17.0 Å². The number of thiophene rings is 1. The van der Waals surface area contributed by atoms with Gasteiger partial charge in [-0.15, -0.1) is 11.3 Å². The smallest absolute Gasteiger partial charge is 0.252 e. The van der Waals surface area contributed by atoms with E-state index in [2.05, 4.69) is 15.9 Å². The number of hydrogen-bond acceptors (Lipinski definition) is 5. The molecule has 9 heteroatoms. The molecule has 6 nitrogen and oxygen atoms in total. The van der Waals surface area contributed by atoms with E-state index in [0.29, 0.717) is 30.4 Å². The van der Waals surface area contributed by atoms with Crippen LogP contribution in [-0.4, -0.2) is 56.3 Å². The van der Waals surface area contributed by atoms with Crippen LogP contribution in [0.1, 0.15) is 0 Å². The molecule has 1 amide bonds. The maximum atomic E-state index is 12.3. The van der Waals surface area contributed by atoms with Crippen molar-refractivity contribution >= 4 is 43.2 Å². The van der Waals surface area contributed by atoms with Crippen LogP contribution in [0.2, 0.25) is 0 Å². The van der Waals surface area contributed by atoms with Crippen molar-refractivity contribution in [1.82, 2.24) is 9.21 Å². The van der Waals surface area contributed by atoms with Crippen molar-refractivity contribution in [3.05, 3.63) is 15.9 Å². The van der Waals surface area contributed by atoms with E-state index in [1.807, 2.05) is 0 Å². The maximum Gasteiger partial charge on any atom is 0.252 e. The second kappa shape index (κ2) is 5.88. The second-order valence-corrected chi connectivity index (χ2v) is 8.68. The summed E-state index contributed by atoms with van der Waals surface area (Å²) in [6, 6.07) is 3.30. The molecule has 0 bridgehead atoms. The number of carbonyl (C=O) groups is 1. The third-order valence-corrected chi connectivity index (χ3v) is 6.90. The Kier molecular flexibility index (Phi) is 4.62. The Labute approximate surface area is 124 Å². The summed E-state index contributed by atoms with van der Waals surface area (Å²) in [5.41, 5.74) is 5.29. The summed E-state index contributed by atoms with van der Waals surface area (Å²) >= 11 is 4.44. The molecule has 1 fully saturated rings. The molecule has 0 radical (unpaired) electrons. The van der Waals surface area contributed by atoms with Gasteiger partial charge in [-0.1, -0.05) is 0 Å². The number of nitrogens with two attached hydrogens (primary N) is 1. The van der Waals surface area contributed by atoms with Crippen molar-refractivity contribution in [3.63, 3.8) is 0 Å². The Morgan fingerprint density at radius 1 is 1.32 bits per heavy atom. The van der Waals surface area contributed by atoms with Crippen molar-refractivity contribution in [2.45, 2.75) is 4.21 Å². The molecule has 2 N–H and O–H groups in total. The molecule has 1 aliphatic heterocycles. The molecule has 19 heavy (non-hydrogen) atoms. The van der Waals surface area contributed by atoms with Crippen molar-refractivity contribution in [1.29, 1.82) is 0 Å². The normalized spacial score (nSPS) is 17.7. The van der Waals surface area contributed by atoms with Gasteiger partial charge in [0.25, 0.3) is 10.0 Å². The second-order valence-electron chi connectivity index (χ2n) is 4.05. The Hall–Kier alpha value is -0.480. The highest BCUT2D eigenvalue weighted by Gasteiger charge is 2.30. The fraction of sp³-hybridized carbons (Fsp3) is 0.500. The predicted molar refractivity (Wildman–Crippen MR) is 76.4 cm³/mol. The summed E-state index contributed by atoms with van der Waals surface area (Å²) in [6.07, 6.45) is 0. The highest BCUT2D eigenvalue weighted by Crippen LogP contribution is 2.28. The van der Waals surface area contributed by atoms with E-state index in [1.165, 1.54) is 15.6 Å². The average Bonchev–Trinajstić information content (AvgIpc) is 2.85. The quantitative estimate of drug-likeness (QED) is 0.832. The lowest BCUT2D eigenvalue weighted by Crippen LogP contribution is -2.51. The molecule has 0 aliphatic carbocycles. The van der Waals surface area contributed by atoms with Crippen LogP contribution in [0, 0.1) is 0 Å². The summed E-state index contributed by atoms with van der Waals surface area (Å²) in [5.74, 6) is -0.143. The monoisotopic (exact) mass is 367 g/mol. The fourth-order valence-electron chi connectivity index (χ4n) is 1.87. The number of carbonyl (C=O) groups excluding carboxylic acids is 1. The Balaban J connectivity index is 2.07. The van der Waals surface area contributed by atoms with Crippen molar-refractivity contribution in [2.75, 3.05) is 32.7 Å². The molecule has 0 spiro atoms. The standard InChI is InChI=1S/C10H14BrN3O3S2/c11-8-1-2-10(18-8)19(16,17)14-5-3-13(4-6-14)9(15)7-12/h1-2H,3-7,12H2. The fourth-order valence-corrected chi connectivity index (χ4v) is 5.46. The van der Waals surface area contributed by atoms with Crippen molar-refractivity contribution < 1.29 is 13.2 Å². The molecule has 1 aromatic heterocycles. The molecular formula is C10H14BrN3O3S2. The number of amides is 1. The first-order chi connectivity index (χ1) is 8.95. The van der Waals surface area contributed by atoms with Crippen LogP contribution in [0.3, 0.4) is 0 Å². The third kappa shape index (κ3) is 3.16. The van der Waals surface area contributed by atoms with E-state index in [4.69, 9.17) is 5.73 Å². The number of rotatable bonds is 3. The minimum absolute atomic E-state index is 0.0371. The Morgan fingerprint density at radius 2 is 1.95 bits per heavy atom. The summed E-state index contributed by atoms with van der Waals surface area (Å²) in [5, 5.41) is 0. The zero-order valence-corrected chi connectivity index (χ0v) is 13.3. The first kappa shape index (κ1) is 14.9. The molecule has 106 valence electrons. The van der Waals surface area contributed by atoms with E-state index in [0.717, 1.165) is 3.79 Å². The van der Waals surface area contributed by atoms with Crippen LogP contribution in [0.5, 0.6) is 0 Å². The Bertz CT molecular complexity index is 564. The van der Waals surface area contributed by atoms with Gasteiger partial charge in [-0.2, -0.15) is 4.31 Å². The Morgan fingerprint density at radius 3 is 2.42 bits per heavy atom. The summed E-state index contributed by atoms with van der Waals surface area (Å²) in [6.45, 7) is 1.36. The highest BCUT2D eigenvalue weighted by molar-refractivity contribution is 9.11. The van der Waals surface area contributed by atoms with E-state index in [-0.39, 0.29) is 12.5 Å². The van der Waals surface area contributed by atoms with E-state index in [9.17, 15) is 13.2 Å². The molecule has 2 rings (SSSR count). The maximum absolute atomic E-state index is 12.3. The SMILES string of the molecule is NCC(=O)N1CCN(S(=O)(=O)c2ccc(Br)s2)CC1. The average molecular weight is 368 g/mol. The molecule has 2 heterocycles. The van der Waals surface area contributed by atoms with Crippen LogP contribution in [-0.2, 0) is 14.8 Å². The van der Waals surface area contributed by atoms with Gasteiger partial charge in [0.2, 0.25) is 5.91 Å². The number of halogens is 1. The van der Waals surface area contributed by atoms with Gasteiger partial charge in [0.1, 0.15) is 4.21 Å². The number of hydrogen-bond donors (Lipinski definition) is 1. The lowest BCUT2D eigenvalue weighted by Gasteiger charge is -2.33. The molecule has 1 aromatic rings. The van der Waals surface area contributed by atoms with Gasteiger partial charge in [-0.05, 0) is 28.1 Å².